The van der Waals surface area contributed by atoms with Gasteiger partial charge in [-0.25, -0.2) is 0 Å². The van der Waals surface area contributed by atoms with E-state index in [1.54, 1.807) is 0 Å². The number of hydrogen-bond acceptors (Lipinski definition) is 8. The van der Waals surface area contributed by atoms with Crippen LogP contribution in [0.15, 0.2) is 491 Å². The van der Waals surface area contributed by atoms with Crippen LogP contribution in [0.2, 0.25) is 31.7 Å². The Morgan fingerprint density at radius 1 is 0.196 bits per heavy atom. The highest BCUT2D eigenvalue weighted by Gasteiger charge is 2.34. The van der Waals surface area contributed by atoms with Crippen molar-refractivity contribution in [2.24, 2.45) is 0 Å². The second-order valence-corrected chi connectivity index (χ2v) is 46.7. The lowest BCUT2D eigenvalue weighted by molar-refractivity contribution is 0.669. The molecule has 0 N–H and O–H groups in total. The van der Waals surface area contributed by atoms with E-state index in [1.807, 2.05) is 0 Å². The van der Waals surface area contributed by atoms with Gasteiger partial charge in [-0.3, -0.25) is 0 Å². The van der Waals surface area contributed by atoms with E-state index in [4.69, 9.17) is 17.7 Å². The van der Waals surface area contributed by atoms with Crippen LogP contribution in [0.3, 0.4) is 0 Å². The van der Waals surface area contributed by atoms with Crippen LogP contribution in [-0.2, 0) is 0 Å². The van der Waals surface area contributed by atoms with Gasteiger partial charge in [0.15, 0.2) is 22.3 Å². The molecule has 0 saturated carbocycles. The van der Waals surface area contributed by atoms with Gasteiger partial charge in [-0.05, 0) is 162 Å². The van der Waals surface area contributed by atoms with Gasteiger partial charge in [0.25, 0.3) is 0 Å². The molecule has 28 aromatic rings. The highest BCUT2D eigenvalue weighted by Crippen LogP contribution is 2.57. The van der Waals surface area contributed by atoms with Crippen molar-refractivity contribution in [3.8, 4) is 44.5 Å². The number of anilines is 12. The quantitative estimate of drug-likeness (QED) is 0.0521. The van der Waals surface area contributed by atoms with Gasteiger partial charge >= 0.3 is 0 Å². The van der Waals surface area contributed by atoms with Gasteiger partial charge in [0.2, 0.25) is 0 Å². The molecule has 143 heavy (non-hydrogen) atoms. The molecular weight excluding hydrogens is 1770 g/mol. The first-order valence-electron chi connectivity index (χ1n) is 49.5. The Hall–Kier alpha value is -17.8. The van der Waals surface area contributed by atoms with E-state index >= 15 is 0 Å². The van der Waals surface area contributed by atoms with Gasteiger partial charge in [-0.2, -0.15) is 0 Å². The average molecular weight is 1870 g/mol. The van der Waals surface area contributed by atoms with Crippen LogP contribution < -0.4 is 30.0 Å². The van der Waals surface area contributed by atoms with Gasteiger partial charge in [0, 0.05) is 86.9 Å². The van der Waals surface area contributed by atoms with Gasteiger partial charge in [-0.15, -0.1) is 0 Å². The Morgan fingerprint density at radius 2 is 0.434 bits per heavy atom. The molecule has 28 rings (SSSR count). The molecule has 0 aliphatic carbocycles. The number of furan rings is 4. The minimum absolute atomic E-state index is 0.829. The molecule has 0 bridgehead atoms. The van der Waals surface area contributed by atoms with Crippen LogP contribution in [0.25, 0.3) is 197 Å². The first-order valence-corrected chi connectivity index (χ1v) is 55.3. The monoisotopic (exact) mass is 1860 g/mol. The number of fused-ring (bicyclic) bond motifs is 12. The molecule has 1 atom stereocenters. The molecule has 0 aliphatic heterocycles. The van der Waals surface area contributed by atoms with Gasteiger partial charge in [0.1, 0.15) is 22.3 Å². The number of hydrogen-bond donors (Lipinski definition) is 0. The van der Waals surface area contributed by atoms with Crippen molar-refractivity contribution in [1.82, 2.24) is 0 Å². The zero-order valence-electron chi connectivity index (χ0n) is 78.9. The first kappa shape index (κ1) is 83.4. The first-order chi connectivity index (χ1) is 70.6. The van der Waals surface area contributed by atoms with Crippen molar-refractivity contribution in [1.29, 1.82) is 0 Å². The second kappa shape index (κ2) is 33.5. The molecule has 0 fully saturated rings. The summed E-state index contributed by atoms with van der Waals surface area (Å²) in [4.78, 5) is 9.85. The molecule has 4 heterocycles. The predicted molar refractivity (Wildman–Crippen MR) is 609 cm³/mol. The van der Waals surface area contributed by atoms with Crippen molar-refractivity contribution in [3.05, 3.63) is 473 Å². The lowest BCUT2D eigenvalue weighted by Gasteiger charge is -2.31. The van der Waals surface area contributed by atoms with Crippen molar-refractivity contribution in [2.75, 3.05) is 19.6 Å². The zero-order valence-corrected chi connectivity index (χ0v) is 81.1. The predicted octanol–water partition coefficient (Wildman–Crippen LogP) is 37.3. The van der Waals surface area contributed by atoms with E-state index < -0.39 is 16.9 Å². The highest BCUT2D eigenvalue weighted by atomic mass is 28.3. The fourth-order valence-electron chi connectivity index (χ4n) is 23.4. The summed E-state index contributed by atoms with van der Waals surface area (Å²) in [6, 6.07) is 176. The van der Waals surface area contributed by atoms with Crippen LogP contribution >= 0.6 is 0 Å². The largest absolute Gasteiger partial charge is 0.454 e. The van der Waals surface area contributed by atoms with Crippen LogP contribution in [0.5, 0.6) is 0 Å². The summed E-state index contributed by atoms with van der Waals surface area (Å²) in [6.45, 7) is 7.72. The summed E-state index contributed by atoms with van der Waals surface area (Å²) < 4.78 is 28.2. The smallest absolute Gasteiger partial charge is 0.159 e. The molecular formula is C133H92N4O4Si2. The van der Waals surface area contributed by atoms with E-state index in [2.05, 4.69) is 512 Å². The molecule has 24 aromatic carbocycles. The fourth-order valence-corrected chi connectivity index (χ4v) is 30.5. The van der Waals surface area contributed by atoms with Crippen LogP contribution in [0, 0.1) is 0 Å². The standard InChI is InChI=1S/C133H92N4O4Si2/c1-142(92-70-58-86(59-71-92)96-36-12-20-48-112(96)136(120-52-28-44-104-100-40-16-24-56-124(100)140-132(104)120)116-80-68-90-62-74-106-114(78-66-88-64-76-108(116)128(90)126(88)106)134(110-46-18-10-34-94(110)84-30-6-4-7-31-84)118-50-26-42-102-98-38-14-22-54-122(98)138-130(102)118)82-83-143(2,3)93-72-60-87(61-73-93)97-37-13-21-49-113(97)137(121-53-29-45-105-101-41-17-25-57-125(101)141-133(105)121)117-81-69-91-63-75-107-115(79-67-89-65-77-109(117)129(91)127(89)107)135(111-47-19-11-35-95(111)85-32-8-5-9-33-85)119-51-27-43-103-99-39-15-23-55-123(99)139-131(103)119/h4-81,142H,82-83H2,1-3H3. The lowest BCUT2D eigenvalue weighted by atomic mass is 9.91. The van der Waals surface area contributed by atoms with Crippen molar-refractivity contribution in [3.63, 3.8) is 0 Å². The topological polar surface area (TPSA) is 65.5 Å². The third-order valence-electron chi connectivity index (χ3n) is 30.4. The maximum absolute atomic E-state index is 7.11. The van der Waals surface area contributed by atoms with Crippen LogP contribution in [0.4, 0.5) is 68.2 Å². The number of para-hydroxylation sites is 12. The minimum atomic E-state index is -2.04. The van der Waals surface area contributed by atoms with E-state index in [9.17, 15) is 0 Å². The number of rotatable bonds is 21. The van der Waals surface area contributed by atoms with Crippen LogP contribution in [0.1, 0.15) is 0 Å². The lowest BCUT2D eigenvalue weighted by Crippen LogP contribution is -2.42. The Morgan fingerprint density at radius 3 is 0.734 bits per heavy atom. The van der Waals surface area contributed by atoms with E-state index in [0.29, 0.717) is 0 Å². The van der Waals surface area contributed by atoms with Gasteiger partial charge in [-0.1, -0.05) is 418 Å². The van der Waals surface area contributed by atoms with E-state index in [0.717, 1.165) is 244 Å². The summed E-state index contributed by atoms with van der Waals surface area (Å²) >= 11 is 0. The fraction of sp³-hybridized carbons (Fsp3) is 0.0376. The molecule has 4 aromatic heterocycles. The van der Waals surface area contributed by atoms with E-state index in [-0.39, 0.29) is 0 Å². The van der Waals surface area contributed by atoms with Crippen LogP contribution in [-0.4, -0.2) is 16.9 Å². The zero-order chi connectivity index (χ0) is 94.7. The summed E-state index contributed by atoms with van der Waals surface area (Å²) in [7, 11) is -3.53. The second-order valence-electron chi connectivity index (χ2n) is 38.9. The van der Waals surface area contributed by atoms with Crippen molar-refractivity contribution in [2.45, 2.75) is 31.7 Å². The molecule has 1 unspecified atom stereocenters. The summed E-state index contributed by atoms with van der Waals surface area (Å²) in [5.41, 5.74) is 28.0. The minimum Gasteiger partial charge on any atom is -0.454 e. The Labute approximate surface area is 828 Å². The molecule has 0 saturated heterocycles. The van der Waals surface area contributed by atoms with Gasteiger partial charge < -0.3 is 37.3 Å². The van der Waals surface area contributed by atoms with Crippen molar-refractivity contribution < 1.29 is 17.7 Å². The molecule has 0 aliphatic rings. The third-order valence-corrected chi connectivity index (χ3v) is 37.1. The number of nitrogens with zero attached hydrogens (tertiary/aromatic N) is 4. The molecule has 0 amide bonds. The Bertz CT molecular complexity index is 9910. The molecule has 8 nitrogen and oxygen atoms in total. The Kier molecular flexibility index (Phi) is 19.5. The van der Waals surface area contributed by atoms with Crippen molar-refractivity contribution >= 4 is 248 Å². The molecule has 0 radical (unpaired) electrons. The average Bonchev–Trinajstić information content (AvgIpc) is 1.31. The normalized spacial score (nSPS) is 12.3. The summed E-state index contributed by atoms with van der Waals surface area (Å²) in [5.74, 6) is 0. The van der Waals surface area contributed by atoms with E-state index in [1.165, 1.54) is 44.0 Å². The third kappa shape index (κ3) is 13.5. The molecule has 0 spiro atoms. The SMILES string of the molecule is C[SiH](CC[Si](C)(C)c1ccc(-c2ccccc2N(c2ccc3ccc4c(N(c5ccccc5-c5ccccc5)c5cccc6c5oc5ccccc56)ccc5ccc2c3c54)c2cccc3c2oc2ccccc23)cc1)c1ccc(-c2ccccc2N(c2ccc3ccc4c(N(c5ccccc5-c5ccccc5)c5cccc6c5oc5ccccc56)ccc5ccc2c3c54)c2cccc3c2oc2ccccc23)cc1. The van der Waals surface area contributed by atoms with Gasteiger partial charge in [0.05, 0.1) is 85.1 Å². The number of benzene rings is 24. The summed E-state index contributed by atoms with van der Waals surface area (Å²) in [5, 5.41) is 25.4. The summed E-state index contributed by atoms with van der Waals surface area (Å²) in [6.07, 6.45) is 0. The highest BCUT2D eigenvalue weighted by molar-refractivity contribution is 6.91. The molecule has 676 valence electrons. The Balaban J connectivity index is 0.513. The maximum atomic E-state index is 7.11. The molecule has 10 heteroatoms. The maximum Gasteiger partial charge on any atom is 0.159 e.